The van der Waals surface area contributed by atoms with Crippen LogP contribution in [-0.4, -0.2) is 22.3 Å². The standard InChI is InChI=1S/C24H26O3/c1-2-3-4-5-6-7-8-9-10-11-12-13-14-15-16-17-18-19-20-21-22-23(25)24(26)27/h1,3-4,23,25H,5-7,14-20H2,(H,26,27)/b4-3-/t23-/m1/s1. The minimum absolute atomic E-state index is 0.613. The van der Waals surface area contributed by atoms with Crippen LogP contribution in [0.3, 0.4) is 0 Å². The number of unbranched alkanes of at least 4 members (excludes halogenated alkanes) is 8. The summed E-state index contributed by atoms with van der Waals surface area (Å²) in [6.07, 6.45) is 16.5. The van der Waals surface area contributed by atoms with Crippen LogP contribution in [0, 0.1) is 59.7 Å². The van der Waals surface area contributed by atoms with Crippen LogP contribution in [0.2, 0.25) is 0 Å². The lowest BCUT2D eigenvalue weighted by Gasteiger charge is -1.96. The molecule has 0 aromatic rings. The lowest BCUT2D eigenvalue weighted by atomic mass is 10.1. The number of hydrogen-bond acceptors (Lipinski definition) is 2. The van der Waals surface area contributed by atoms with Gasteiger partial charge in [-0.25, -0.2) is 4.79 Å². The lowest BCUT2D eigenvalue weighted by molar-refractivity contribution is -0.143. The molecule has 3 nitrogen and oxygen atoms in total. The Hall–Kier alpha value is -3.03. The van der Waals surface area contributed by atoms with E-state index in [0.29, 0.717) is 6.42 Å². The van der Waals surface area contributed by atoms with Gasteiger partial charge in [-0.05, 0) is 55.4 Å². The zero-order valence-electron chi connectivity index (χ0n) is 15.7. The summed E-state index contributed by atoms with van der Waals surface area (Å²) in [4.78, 5) is 10.3. The normalized spacial score (nSPS) is 9.93. The Bertz CT molecular complexity index is 737. The van der Waals surface area contributed by atoms with Gasteiger partial charge in [0.2, 0.25) is 6.10 Å². The largest absolute Gasteiger partial charge is 0.479 e. The molecule has 140 valence electrons. The monoisotopic (exact) mass is 362 g/mol. The third kappa shape index (κ3) is 19.1. The summed E-state index contributed by atoms with van der Waals surface area (Å²) in [5.74, 6) is 23.2. The summed E-state index contributed by atoms with van der Waals surface area (Å²) in [6, 6.07) is 0. The van der Waals surface area contributed by atoms with E-state index in [-0.39, 0.29) is 0 Å². The van der Waals surface area contributed by atoms with Crippen molar-refractivity contribution in [2.45, 2.75) is 70.3 Å². The van der Waals surface area contributed by atoms with Crippen LogP contribution >= 0.6 is 0 Å². The SMILES string of the molecule is C#C/C=C\CCCC#CC#CC#CCCCCCCCC#C[C@@H](O)C(=O)O. The molecule has 0 heterocycles. The maximum Gasteiger partial charge on any atom is 0.345 e. The Kier molecular flexibility index (Phi) is 17.1. The fourth-order valence-corrected chi connectivity index (χ4v) is 1.92. The van der Waals surface area contributed by atoms with E-state index in [0.717, 1.165) is 57.8 Å². The number of rotatable bonds is 10. The molecule has 0 aliphatic carbocycles. The van der Waals surface area contributed by atoms with Gasteiger partial charge in [0.05, 0.1) is 0 Å². The second-order valence-electron chi connectivity index (χ2n) is 5.64. The number of terminal acetylenes is 1. The molecule has 1 atom stereocenters. The summed E-state index contributed by atoms with van der Waals surface area (Å²) >= 11 is 0. The van der Waals surface area contributed by atoms with Crippen molar-refractivity contribution in [2.75, 3.05) is 0 Å². The van der Waals surface area contributed by atoms with E-state index in [9.17, 15) is 4.79 Å². The summed E-state index contributed by atoms with van der Waals surface area (Å²) in [5.41, 5.74) is 0. The highest BCUT2D eigenvalue weighted by molar-refractivity contribution is 5.75. The number of aliphatic hydroxyl groups excluding tert-OH is 1. The van der Waals surface area contributed by atoms with Gasteiger partial charge in [-0.3, -0.25) is 0 Å². The van der Waals surface area contributed by atoms with E-state index in [2.05, 4.69) is 53.3 Å². The van der Waals surface area contributed by atoms with E-state index in [1.807, 2.05) is 6.08 Å². The maximum atomic E-state index is 10.3. The highest BCUT2D eigenvalue weighted by Crippen LogP contribution is 2.06. The van der Waals surface area contributed by atoms with Crippen molar-refractivity contribution >= 4 is 5.97 Å². The van der Waals surface area contributed by atoms with Crippen LogP contribution in [0.15, 0.2) is 12.2 Å². The number of aliphatic hydroxyl groups is 1. The minimum Gasteiger partial charge on any atom is -0.479 e. The number of allylic oxidation sites excluding steroid dienone is 2. The number of carboxylic acids is 1. The smallest absolute Gasteiger partial charge is 0.345 e. The van der Waals surface area contributed by atoms with Crippen molar-refractivity contribution in [3.63, 3.8) is 0 Å². The van der Waals surface area contributed by atoms with Crippen LogP contribution in [-0.2, 0) is 4.79 Å². The predicted octanol–water partition coefficient (Wildman–Crippen LogP) is 3.54. The molecule has 0 saturated heterocycles. The molecule has 2 N–H and O–H groups in total. The predicted molar refractivity (Wildman–Crippen MR) is 109 cm³/mol. The first kappa shape index (κ1) is 24.0. The molecule has 0 aromatic heterocycles. The highest BCUT2D eigenvalue weighted by Gasteiger charge is 2.06. The van der Waals surface area contributed by atoms with Gasteiger partial charge < -0.3 is 10.2 Å². The van der Waals surface area contributed by atoms with Crippen LogP contribution in [0.4, 0.5) is 0 Å². The molecule has 0 aliphatic heterocycles. The number of aliphatic carboxylic acids is 1. The number of carboxylic acid groups (broad SMARTS) is 1. The molecule has 0 rings (SSSR count). The maximum absolute atomic E-state index is 10.3. The Labute approximate surface area is 163 Å². The van der Waals surface area contributed by atoms with Crippen LogP contribution in [0.1, 0.15) is 64.2 Å². The van der Waals surface area contributed by atoms with Crippen LogP contribution < -0.4 is 0 Å². The first-order valence-corrected chi connectivity index (χ1v) is 9.14. The quantitative estimate of drug-likeness (QED) is 0.462. The summed E-state index contributed by atoms with van der Waals surface area (Å²) in [7, 11) is 0. The van der Waals surface area contributed by atoms with E-state index in [1.54, 1.807) is 6.08 Å². The van der Waals surface area contributed by atoms with Crippen molar-refractivity contribution in [1.82, 2.24) is 0 Å². The topological polar surface area (TPSA) is 57.5 Å². The Morgan fingerprint density at radius 1 is 0.852 bits per heavy atom. The molecule has 27 heavy (non-hydrogen) atoms. The van der Waals surface area contributed by atoms with Crippen molar-refractivity contribution in [3.8, 4) is 59.7 Å². The molecule has 0 aromatic carbocycles. The molecular formula is C24H26O3. The number of hydrogen-bond donors (Lipinski definition) is 2. The van der Waals surface area contributed by atoms with Crippen molar-refractivity contribution < 1.29 is 15.0 Å². The van der Waals surface area contributed by atoms with Crippen LogP contribution in [0.25, 0.3) is 0 Å². The fourth-order valence-electron chi connectivity index (χ4n) is 1.92. The molecule has 0 radical (unpaired) electrons. The second-order valence-corrected chi connectivity index (χ2v) is 5.64. The molecule has 0 saturated carbocycles. The van der Waals surface area contributed by atoms with Gasteiger partial charge in [0, 0.05) is 19.3 Å². The summed E-state index contributed by atoms with van der Waals surface area (Å²) in [5, 5.41) is 17.4. The van der Waals surface area contributed by atoms with E-state index in [4.69, 9.17) is 16.6 Å². The molecule has 0 spiro atoms. The Morgan fingerprint density at radius 3 is 2.00 bits per heavy atom. The number of carbonyl (C=O) groups is 1. The first-order chi connectivity index (χ1) is 13.2. The first-order valence-electron chi connectivity index (χ1n) is 9.14. The van der Waals surface area contributed by atoms with E-state index < -0.39 is 12.1 Å². The van der Waals surface area contributed by atoms with Crippen molar-refractivity contribution in [2.24, 2.45) is 0 Å². The average molecular weight is 362 g/mol. The van der Waals surface area contributed by atoms with Crippen molar-refractivity contribution in [1.29, 1.82) is 0 Å². The zero-order chi connectivity index (χ0) is 20.0. The Balaban J connectivity index is 3.57. The third-order valence-electron chi connectivity index (χ3n) is 3.33. The van der Waals surface area contributed by atoms with Crippen LogP contribution in [0.5, 0.6) is 0 Å². The summed E-state index contributed by atoms with van der Waals surface area (Å²) < 4.78 is 0. The Morgan fingerprint density at radius 2 is 1.41 bits per heavy atom. The second kappa shape index (κ2) is 19.3. The third-order valence-corrected chi connectivity index (χ3v) is 3.33. The van der Waals surface area contributed by atoms with Crippen molar-refractivity contribution in [3.05, 3.63) is 12.2 Å². The lowest BCUT2D eigenvalue weighted by Crippen LogP contribution is -2.16. The van der Waals surface area contributed by atoms with Gasteiger partial charge in [0.1, 0.15) is 0 Å². The molecule has 0 aliphatic rings. The minimum atomic E-state index is -1.57. The van der Waals surface area contributed by atoms with Gasteiger partial charge in [-0.15, -0.1) is 6.42 Å². The van der Waals surface area contributed by atoms with E-state index >= 15 is 0 Å². The average Bonchev–Trinajstić information content (AvgIpc) is 2.66. The molecule has 0 bridgehead atoms. The fraction of sp³-hybridized carbons (Fsp3) is 0.458. The van der Waals surface area contributed by atoms with Gasteiger partial charge >= 0.3 is 5.97 Å². The molecular weight excluding hydrogens is 336 g/mol. The molecule has 0 unspecified atom stereocenters. The summed E-state index contributed by atoms with van der Waals surface area (Å²) in [6.45, 7) is 0. The van der Waals surface area contributed by atoms with E-state index in [1.165, 1.54) is 0 Å². The highest BCUT2D eigenvalue weighted by atomic mass is 16.4. The van der Waals surface area contributed by atoms with Gasteiger partial charge in [-0.2, -0.15) is 0 Å². The zero-order valence-corrected chi connectivity index (χ0v) is 15.7. The molecule has 0 fully saturated rings. The van der Waals surface area contributed by atoms with Gasteiger partial charge in [0.25, 0.3) is 0 Å². The van der Waals surface area contributed by atoms with Gasteiger partial charge in [0.15, 0.2) is 0 Å². The molecule has 3 heteroatoms. The molecule has 0 amide bonds. The van der Waals surface area contributed by atoms with Gasteiger partial charge in [-0.1, -0.05) is 54.9 Å².